The zero-order chi connectivity index (χ0) is 13.1. The predicted octanol–water partition coefficient (Wildman–Crippen LogP) is 1.40. The second kappa shape index (κ2) is 5.42. The first-order valence-corrected chi connectivity index (χ1v) is 7.13. The maximum absolute atomic E-state index is 11.7. The molecule has 0 aliphatic heterocycles. The largest absolute Gasteiger partial charge is 0.328 e. The molecule has 0 aliphatic rings. The summed E-state index contributed by atoms with van der Waals surface area (Å²) in [7, 11) is -3.20. The third kappa shape index (κ3) is 3.64. The SMILES string of the molecule is CCS(=O)(=O)c1ccc(C(=O)CC(C)N)cc1. The monoisotopic (exact) mass is 255 g/mol. The number of Topliss-reactive ketones (excluding diaryl/α,β-unsaturated/α-hetero) is 1. The van der Waals surface area contributed by atoms with E-state index in [1.807, 2.05) is 0 Å². The van der Waals surface area contributed by atoms with Crippen molar-refractivity contribution >= 4 is 15.6 Å². The summed E-state index contributed by atoms with van der Waals surface area (Å²) in [6.07, 6.45) is 0.264. The van der Waals surface area contributed by atoms with Crippen molar-refractivity contribution in [3.05, 3.63) is 29.8 Å². The highest BCUT2D eigenvalue weighted by molar-refractivity contribution is 7.91. The fourth-order valence-electron chi connectivity index (χ4n) is 1.43. The number of sulfone groups is 1. The van der Waals surface area contributed by atoms with Gasteiger partial charge in [0.1, 0.15) is 0 Å². The number of benzene rings is 1. The van der Waals surface area contributed by atoms with Crippen molar-refractivity contribution in [2.75, 3.05) is 5.75 Å². The van der Waals surface area contributed by atoms with Crippen LogP contribution < -0.4 is 5.73 Å². The van der Waals surface area contributed by atoms with Crippen LogP contribution in [0.3, 0.4) is 0 Å². The Hall–Kier alpha value is -1.20. The van der Waals surface area contributed by atoms with E-state index in [9.17, 15) is 13.2 Å². The lowest BCUT2D eigenvalue weighted by Gasteiger charge is -2.05. The lowest BCUT2D eigenvalue weighted by molar-refractivity contribution is 0.0976. The quantitative estimate of drug-likeness (QED) is 0.807. The average molecular weight is 255 g/mol. The Morgan fingerprint density at radius 3 is 2.24 bits per heavy atom. The van der Waals surface area contributed by atoms with Crippen LogP contribution in [0.2, 0.25) is 0 Å². The van der Waals surface area contributed by atoms with Crippen LogP contribution in [0.15, 0.2) is 29.2 Å². The van der Waals surface area contributed by atoms with E-state index in [2.05, 4.69) is 0 Å². The third-order valence-electron chi connectivity index (χ3n) is 2.42. The molecule has 0 radical (unpaired) electrons. The van der Waals surface area contributed by atoms with E-state index >= 15 is 0 Å². The van der Waals surface area contributed by atoms with Crippen molar-refractivity contribution in [1.29, 1.82) is 0 Å². The number of rotatable bonds is 5. The van der Waals surface area contributed by atoms with Crippen LogP contribution >= 0.6 is 0 Å². The van der Waals surface area contributed by atoms with Crippen molar-refractivity contribution in [3.63, 3.8) is 0 Å². The first-order valence-electron chi connectivity index (χ1n) is 5.48. The fourth-order valence-corrected chi connectivity index (χ4v) is 2.31. The van der Waals surface area contributed by atoms with E-state index in [1.54, 1.807) is 13.8 Å². The zero-order valence-corrected chi connectivity index (χ0v) is 10.8. The van der Waals surface area contributed by atoms with Gasteiger partial charge in [-0.25, -0.2) is 8.42 Å². The van der Waals surface area contributed by atoms with Gasteiger partial charge in [0.15, 0.2) is 15.6 Å². The van der Waals surface area contributed by atoms with Crippen LogP contribution in [-0.2, 0) is 9.84 Å². The maximum atomic E-state index is 11.7. The van der Waals surface area contributed by atoms with E-state index < -0.39 is 9.84 Å². The van der Waals surface area contributed by atoms with Crippen molar-refractivity contribution in [3.8, 4) is 0 Å². The highest BCUT2D eigenvalue weighted by Gasteiger charge is 2.13. The zero-order valence-electron chi connectivity index (χ0n) is 10.0. The summed E-state index contributed by atoms with van der Waals surface area (Å²) < 4.78 is 23.1. The van der Waals surface area contributed by atoms with E-state index in [1.165, 1.54) is 24.3 Å². The molecular weight excluding hydrogens is 238 g/mol. The molecule has 94 valence electrons. The molecule has 0 spiro atoms. The second-order valence-electron chi connectivity index (χ2n) is 4.03. The van der Waals surface area contributed by atoms with E-state index in [0.29, 0.717) is 5.56 Å². The molecule has 4 nitrogen and oxygen atoms in total. The summed E-state index contributed by atoms with van der Waals surface area (Å²) in [5, 5.41) is 0. The van der Waals surface area contributed by atoms with Gasteiger partial charge in [-0.1, -0.05) is 19.1 Å². The Bertz CT molecular complexity index is 489. The molecule has 5 heteroatoms. The predicted molar refractivity (Wildman–Crippen MR) is 66.8 cm³/mol. The molecule has 1 aromatic carbocycles. The Morgan fingerprint density at radius 2 is 1.82 bits per heavy atom. The Kier molecular flexibility index (Phi) is 4.42. The van der Waals surface area contributed by atoms with Crippen LogP contribution in [0.4, 0.5) is 0 Å². The summed E-state index contributed by atoms with van der Waals surface area (Å²) in [5.74, 6) is -0.0133. The van der Waals surface area contributed by atoms with Gasteiger partial charge in [0.2, 0.25) is 0 Å². The summed E-state index contributed by atoms with van der Waals surface area (Å²) >= 11 is 0. The number of carbonyl (C=O) groups excluding carboxylic acids is 1. The van der Waals surface area contributed by atoms with Gasteiger partial charge in [-0.15, -0.1) is 0 Å². The van der Waals surface area contributed by atoms with Gasteiger partial charge in [0.25, 0.3) is 0 Å². The van der Waals surface area contributed by atoms with Crippen molar-refractivity contribution in [2.45, 2.75) is 31.2 Å². The number of nitrogens with two attached hydrogens (primary N) is 1. The van der Waals surface area contributed by atoms with E-state index in [-0.39, 0.29) is 28.9 Å². The third-order valence-corrected chi connectivity index (χ3v) is 4.17. The molecule has 0 saturated heterocycles. The number of hydrogen-bond acceptors (Lipinski definition) is 4. The van der Waals surface area contributed by atoms with E-state index in [0.717, 1.165) is 0 Å². The molecule has 2 N–H and O–H groups in total. The fraction of sp³-hybridized carbons (Fsp3) is 0.417. The Balaban J connectivity index is 2.93. The first kappa shape index (κ1) is 13.9. The van der Waals surface area contributed by atoms with Gasteiger partial charge in [0.05, 0.1) is 10.6 Å². The minimum Gasteiger partial charge on any atom is -0.328 e. The van der Waals surface area contributed by atoms with Gasteiger partial charge >= 0.3 is 0 Å². The topological polar surface area (TPSA) is 77.2 Å². The molecule has 0 aromatic heterocycles. The van der Waals surface area contributed by atoms with Crippen LogP contribution in [0, 0.1) is 0 Å². The molecule has 0 heterocycles. The van der Waals surface area contributed by atoms with Crippen LogP contribution in [0.25, 0.3) is 0 Å². The van der Waals surface area contributed by atoms with Gasteiger partial charge in [-0.3, -0.25) is 4.79 Å². The molecule has 0 fully saturated rings. The molecule has 17 heavy (non-hydrogen) atoms. The summed E-state index contributed by atoms with van der Waals surface area (Å²) in [6.45, 7) is 3.35. The Labute approximate surface area is 102 Å². The summed E-state index contributed by atoms with van der Waals surface area (Å²) in [6, 6.07) is 5.81. The molecule has 1 rings (SSSR count). The second-order valence-corrected chi connectivity index (χ2v) is 6.31. The number of hydrogen-bond donors (Lipinski definition) is 1. The van der Waals surface area contributed by atoms with Gasteiger partial charge in [-0.05, 0) is 19.1 Å². The molecular formula is C12H17NO3S. The lowest BCUT2D eigenvalue weighted by atomic mass is 10.1. The smallest absolute Gasteiger partial charge is 0.178 e. The highest BCUT2D eigenvalue weighted by atomic mass is 32.2. The van der Waals surface area contributed by atoms with Crippen LogP contribution in [0.1, 0.15) is 30.6 Å². The molecule has 0 bridgehead atoms. The van der Waals surface area contributed by atoms with Gasteiger partial charge < -0.3 is 5.73 Å². The number of ketones is 1. The van der Waals surface area contributed by atoms with Crippen LogP contribution in [-0.4, -0.2) is 26.0 Å². The highest BCUT2D eigenvalue weighted by Crippen LogP contribution is 2.13. The van der Waals surface area contributed by atoms with Gasteiger partial charge in [-0.2, -0.15) is 0 Å². The first-order chi connectivity index (χ1) is 7.86. The summed E-state index contributed by atoms with van der Waals surface area (Å²) in [5.41, 5.74) is 6.03. The molecule has 1 aromatic rings. The van der Waals surface area contributed by atoms with Crippen molar-refractivity contribution < 1.29 is 13.2 Å². The molecule has 1 atom stereocenters. The van der Waals surface area contributed by atoms with Crippen molar-refractivity contribution in [1.82, 2.24) is 0 Å². The minimum absolute atomic E-state index is 0.0557. The van der Waals surface area contributed by atoms with Gasteiger partial charge in [0, 0.05) is 18.0 Å². The lowest BCUT2D eigenvalue weighted by Crippen LogP contribution is -2.19. The normalized spacial score (nSPS) is 13.4. The van der Waals surface area contributed by atoms with Crippen LogP contribution in [0.5, 0.6) is 0 Å². The number of carbonyl (C=O) groups is 1. The summed E-state index contributed by atoms with van der Waals surface area (Å²) in [4.78, 5) is 11.9. The average Bonchev–Trinajstić information content (AvgIpc) is 2.28. The minimum atomic E-state index is -3.20. The maximum Gasteiger partial charge on any atom is 0.178 e. The van der Waals surface area contributed by atoms with Crippen molar-refractivity contribution in [2.24, 2.45) is 5.73 Å². The molecule has 0 aliphatic carbocycles. The van der Waals surface area contributed by atoms with E-state index in [4.69, 9.17) is 5.73 Å². The standard InChI is InChI=1S/C12H17NO3S/c1-3-17(15,16)11-6-4-10(5-7-11)12(14)8-9(2)13/h4-7,9H,3,8,13H2,1-2H3. The Morgan fingerprint density at radius 1 is 1.29 bits per heavy atom. The molecule has 0 amide bonds. The molecule has 1 unspecified atom stereocenters. The molecule has 0 saturated carbocycles.